The second-order valence-electron chi connectivity index (χ2n) is 4.11. The van der Waals surface area contributed by atoms with E-state index in [2.05, 4.69) is 9.71 Å². The largest absolute Gasteiger partial charge is 0.279 e. The summed E-state index contributed by atoms with van der Waals surface area (Å²) in [5.41, 5.74) is 1.22. The van der Waals surface area contributed by atoms with Crippen LogP contribution in [-0.2, 0) is 10.0 Å². The van der Waals surface area contributed by atoms with Gasteiger partial charge < -0.3 is 0 Å². The molecule has 0 fully saturated rings. The summed E-state index contributed by atoms with van der Waals surface area (Å²) in [5.74, 6) is 0. The number of sulfonamides is 1. The maximum atomic E-state index is 12.3. The third kappa shape index (κ3) is 2.63. The standard InChI is InChI=1S/C13H9ClN2O2S2/c14-13-4-1-9-7-11(2-3-12(9)15-13)20(17,18)16-10-5-6-19-8-10/h1-8,16H. The Kier molecular flexibility index (Phi) is 3.37. The summed E-state index contributed by atoms with van der Waals surface area (Å²) in [5, 5.41) is 4.65. The van der Waals surface area contributed by atoms with Crippen molar-refractivity contribution in [1.82, 2.24) is 4.98 Å². The first-order chi connectivity index (χ1) is 9.54. The van der Waals surface area contributed by atoms with Crippen LogP contribution in [0.3, 0.4) is 0 Å². The molecule has 0 atom stereocenters. The number of aromatic nitrogens is 1. The third-order valence-corrected chi connectivity index (χ3v) is 4.98. The lowest BCUT2D eigenvalue weighted by Gasteiger charge is -2.07. The van der Waals surface area contributed by atoms with Gasteiger partial charge in [-0.05, 0) is 41.8 Å². The van der Waals surface area contributed by atoms with E-state index in [-0.39, 0.29) is 4.90 Å². The van der Waals surface area contributed by atoms with Crippen LogP contribution >= 0.6 is 22.9 Å². The zero-order valence-electron chi connectivity index (χ0n) is 10.1. The quantitative estimate of drug-likeness (QED) is 0.746. The maximum absolute atomic E-state index is 12.3. The lowest BCUT2D eigenvalue weighted by Crippen LogP contribution is -2.12. The van der Waals surface area contributed by atoms with E-state index >= 15 is 0 Å². The second kappa shape index (κ2) is 5.05. The monoisotopic (exact) mass is 324 g/mol. The molecule has 0 unspecified atom stereocenters. The third-order valence-electron chi connectivity index (χ3n) is 2.71. The van der Waals surface area contributed by atoms with Crippen molar-refractivity contribution in [3.63, 3.8) is 0 Å². The molecule has 2 heterocycles. The zero-order valence-corrected chi connectivity index (χ0v) is 12.5. The van der Waals surface area contributed by atoms with Crippen molar-refractivity contribution in [2.75, 3.05) is 4.72 Å². The van der Waals surface area contributed by atoms with Gasteiger partial charge in [0.2, 0.25) is 0 Å². The number of nitrogens with zero attached hydrogens (tertiary/aromatic N) is 1. The molecule has 3 aromatic rings. The van der Waals surface area contributed by atoms with Gasteiger partial charge in [-0.2, -0.15) is 11.3 Å². The molecular weight excluding hydrogens is 316 g/mol. The number of hydrogen-bond donors (Lipinski definition) is 1. The molecule has 0 radical (unpaired) electrons. The summed E-state index contributed by atoms with van der Waals surface area (Å²) < 4.78 is 27.0. The molecule has 0 aliphatic rings. The molecule has 0 bridgehead atoms. The van der Waals surface area contributed by atoms with Gasteiger partial charge in [-0.25, -0.2) is 13.4 Å². The highest BCUT2D eigenvalue weighted by atomic mass is 35.5. The topological polar surface area (TPSA) is 59.1 Å². The molecule has 0 aliphatic carbocycles. The first-order valence-electron chi connectivity index (χ1n) is 5.66. The normalized spacial score (nSPS) is 11.7. The minimum atomic E-state index is -3.59. The number of hydrogen-bond acceptors (Lipinski definition) is 4. The number of pyridine rings is 1. The summed E-state index contributed by atoms with van der Waals surface area (Å²) >= 11 is 7.23. The fourth-order valence-electron chi connectivity index (χ4n) is 1.78. The van der Waals surface area contributed by atoms with Crippen LogP contribution in [0.25, 0.3) is 10.9 Å². The van der Waals surface area contributed by atoms with E-state index in [1.165, 1.54) is 17.4 Å². The number of rotatable bonds is 3. The highest BCUT2D eigenvalue weighted by molar-refractivity contribution is 7.92. The van der Waals surface area contributed by atoms with Crippen molar-refractivity contribution in [3.8, 4) is 0 Å². The number of nitrogens with one attached hydrogen (secondary N) is 1. The number of fused-ring (bicyclic) bond motifs is 1. The van der Waals surface area contributed by atoms with E-state index in [0.717, 1.165) is 5.39 Å². The average molecular weight is 325 g/mol. The summed E-state index contributed by atoms with van der Waals surface area (Å²) in [7, 11) is -3.59. The van der Waals surface area contributed by atoms with Crippen molar-refractivity contribution in [3.05, 3.63) is 52.3 Å². The Labute approximate surface area is 125 Å². The smallest absolute Gasteiger partial charge is 0.261 e. The Morgan fingerprint density at radius 1 is 1.15 bits per heavy atom. The van der Waals surface area contributed by atoms with Crippen LogP contribution in [0.15, 0.2) is 52.1 Å². The van der Waals surface area contributed by atoms with Crippen LogP contribution < -0.4 is 4.72 Å². The Morgan fingerprint density at radius 3 is 2.75 bits per heavy atom. The van der Waals surface area contributed by atoms with Crippen LogP contribution in [-0.4, -0.2) is 13.4 Å². The van der Waals surface area contributed by atoms with Gasteiger partial charge in [-0.15, -0.1) is 0 Å². The maximum Gasteiger partial charge on any atom is 0.261 e. The summed E-state index contributed by atoms with van der Waals surface area (Å²) in [6.07, 6.45) is 0. The van der Waals surface area contributed by atoms with Crippen LogP contribution in [0.2, 0.25) is 5.15 Å². The van der Waals surface area contributed by atoms with Crippen LogP contribution in [0.5, 0.6) is 0 Å². The van der Waals surface area contributed by atoms with Gasteiger partial charge in [0, 0.05) is 10.8 Å². The van der Waals surface area contributed by atoms with Gasteiger partial charge in [0.15, 0.2) is 0 Å². The van der Waals surface area contributed by atoms with Gasteiger partial charge in [-0.1, -0.05) is 11.6 Å². The van der Waals surface area contributed by atoms with E-state index in [0.29, 0.717) is 16.4 Å². The van der Waals surface area contributed by atoms with Crippen molar-refractivity contribution < 1.29 is 8.42 Å². The van der Waals surface area contributed by atoms with Crippen LogP contribution in [0, 0.1) is 0 Å². The summed E-state index contributed by atoms with van der Waals surface area (Å²) in [6.45, 7) is 0. The number of benzene rings is 1. The van der Waals surface area contributed by atoms with E-state index in [9.17, 15) is 8.42 Å². The minimum absolute atomic E-state index is 0.195. The number of thiophene rings is 1. The van der Waals surface area contributed by atoms with E-state index < -0.39 is 10.0 Å². The Hall–Kier alpha value is -1.63. The van der Waals surface area contributed by atoms with Gasteiger partial charge in [0.25, 0.3) is 10.0 Å². The lowest BCUT2D eigenvalue weighted by molar-refractivity contribution is 0.601. The van der Waals surface area contributed by atoms with E-state index in [1.807, 2.05) is 5.38 Å². The Bertz CT molecular complexity index is 861. The van der Waals surface area contributed by atoms with E-state index in [1.54, 1.807) is 35.7 Å². The number of halogens is 1. The molecule has 0 saturated carbocycles. The molecule has 0 spiro atoms. The molecule has 0 aliphatic heterocycles. The SMILES string of the molecule is O=S(=O)(Nc1ccsc1)c1ccc2nc(Cl)ccc2c1. The summed E-state index contributed by atoms with van der Waals surface area (Å²) in [4.78, 5) is 4.32. The van der Waals surface area contributed by atoms with Crippen molar-refractivity contribution >= 4 is 49.6 Å². The molecule has 0 amide bonds. The van der Waals surface area contributed by atoms with Gasteiger partial charge in [-0.3, -0.25) is 4.72 Å². The predicted molar refractivity (Wildman–Crippen MR) is 81.9 cm³/mol. The predicted octanol–water partition coefficient (Wildman–Crippen LogP) is 3.75. The van der Waals surface area contributed by atoms with Crippen molar-refractivity contribution in [2.24, 2.45) is 0 Å². The molecule has 102 valence electrons. The minimum Gasteiger partial charge on any atom is -0.279 e. The average Bonchev–Trinajstić information content (AvgIpc) is 2.90. The molecule has 4 nitrogen and oxygen atoms in total. The molecule has 2 aromatic heterocycles. The van der Waals surface area contributed by atoms with E-state index in [4.69, 9.17) is 11.6 Å². The molecule has 0 saturated heterocycles. The second-order valence-corrected chi connectivity index (χ2v) is 6.96. The van der Waals surface area contributed by atoms with Crippen LogP contribution in [0.1, 0.15) is 0 Å². The van der Waals surface area contributed by atoms with Crippen molar-refractivity contribution in [2.45, 2.75) is 4.90 Å². The zero-order chi connectivity index (χ0) is 14.2. The molecule has 20 heavy (non-hydrogen) atoms. The fraction of sp³-hybridized carbons (Fsp3) is 0. The molecule has 1 aromatic carbocycles. The van der Waals surface area contributed by atoms with Gasteiger partial charge in [0.1, 0.15) is 5.15 Å². The Morgan fingerprint density at radius 2 is 2.00 bits per heavy atom. The molecule has 3 rings (SSSR count). The highest BCUT2D eigenvalue weighted by Crippen LogP contribution is 2.22. The van der Waals surface area contributed by atoms with Gasteiger partial charge in [0.05, 0.1) is 16.1 Å². The first-order valence-corrected chi connectivity index (χ1v) is 8.46. The lowest BCUT2D eigenvalue weighted by atomic mass is 10.2. The first kappa shape index (κ1) is 13.4. The van der Waals surface area contributed by atoms with Crippen LogP contribution in [0.4, 0.5) is 5.69 Å². The Balaban J connectivity index is 2.03. The number of anilines is 1. The van der Waals surface area contributed by atoms with Crippen molar-refractivity contribution in [1.29, 1.82) is 0 Å². The molecular formula is C13H9ClN2O2S2. The molecule has 7 heteroatoms. The fourth-order valence-corrected chi connectivity index (χ4v) is 3.68. The van der Waals surface area contributed by atoms with Gasteiger partial charge >= 0.3 is 0 Å². The highest BCUT2D eigenvalue weighted by Gasteiger charge is 2.15. The summed E-state index contributed by atoms with van der Waals surface area (Å²) in [6, 6.07) is 9.82. The molecule has 1 N–H and O–H groups in total.